The zero-order valence-electron chi connectivity index (χ0n) is 13.5. The van der Waals surface area contributed by atoms with Crippen LogP contribution >= 0.6 is 11.6 Å². The second kappa shape index (κ2) is 8.46. The lowest BCUT2D eigenvalue weighted by Crippen LogP contribution is -2.22. The topological polar surface area (TPSA) is 35.5 Å². The van der Waals surface area contributed by atoms with Crippen molar-refractivity contribution in [3.8, 4) is 5.75 Å². The molecule has 2 rings (SSSR count). The van der Waals surface area contributed by atoms with Gasteiger partial charge in [-0.05, 0) is 37.5 Å². The van der Waals surface area contributed by atoms with Gasteiger partial charge in [0.1, 0.15) is 10.8 Å². The van der Waals surface area contributed by atoms with Crippen molar-refractivity contribution in [1.82, 2.24) is 0 Å². The number of carbonyl (C=O) groups excluding carboxylic acids is 1. The second-order valence-electron chi connectivity index (χ2n) is 5.58. The monoisotopic (exact) mass is 340 g/mol. The van der Waals surface area contributed by atoms with Crippen molar-refractivity contribution in [3.05, 3.63) is 40.2 Å². The predicted molar refractivity (Wildman–Crippen MR) is 88.9 cm³/mol. The number of Topliss-reactive ketones (excluding diaryl/α,β-unsaturated/α-hetero) is 1. The quantitative estimate of drug-likeness (QED) is 0.519. The van der Waals surface area contributed by atoms with Gasteiger partial charge >= 0.3 is 0 Å². The molecule has 1 aliphatic rings. The van der Waals surface area contributed by atoms with Crippen LogP contribution in [0, 0.1) is 5.82 Å². The van der Waals surface area contributed by atoms with E-state index in [1.165, 1.54) is 17.7 Å². The zero-order valence-corrected chi connectivity index (χ0v) is 14.3. The van der Waals surface area contributed by atoms with Crippen molar-refractivity contribution in [1.29, 1.82) is 0 Å². The molecule has 3 nitrogen and oxygen atoms in total. The summed E-state index contributed by atoms with van der Waals surface area (Å²) >= 11 is 5.92. The maximum atomic E-state index is 14.3. The summed E-state index contributed by atoms with van der Waals surface area (Å²) in [5.41, 5.74) is 1.26. The van der Waals surface area contributed by atoms with Crippen LogP contribution in [0.2, 0.25) is 5.02 Å². The Morgan fingerprint density at radius 1 is 1.43 bits per heavy atom. The van der Waals surface area contributed by atoms with E-state index in [2.05, 4.69) is 13.0 Å². The van der Waals surface area contributed by atoms with E-state index in [9.17, 15) is 9.18 Å². The van der Waals surface area contributed by atoms with Crippen molar-refractivity contribution < 1.29 is 18.7 Å². The smallest absolute Gasteiger partial charge is 0.168 e. The molecule has 0 bridgehead atoms. The minimum atomic E-state index is -0.722. The summed E-state index contributed by atoms with van der Waals surface area (Å²) < 4.78 is 25.2. The van der Waals surface area contributed by atoms with Crippen LogP contribution in [0.25, 0.3) is 0 Å². The van der Waals surface area contributed by atoms with Gasteiger partial charge in [-0.15, -0.1) is 0 Å². The third kappa shape index (κ3) is 4.55. The van der Waals surface area contributed by atoms with Crippen LogP contribution in [0.4, 0.5) is 4.39 Å². The Kier molecular flexibility index (Phi) is 6.60. The second-order valence-corrected chi connectivity index (χ2v) is 5.96. The van der Waals surface area contributed by atoms with Gasteiger partial charge in [-0.3, -0.25) is 4.79 Å². The Balaban J connectivity index is 2.03. The largest absolute Gasteiger partial charge is 0.492 e. The van der Waals surface area contributed by atoms with Crippen LogP contribution in [-0.2, 0) is 4.74 Å². The van der Waals surface area contributed by atoms with Crippen LogP contribution in [0.1, 0.15) is 49.9 Å². The lowest BCUT2D eigenvalue weighted by Gasteiger charge is -2.22. The maximum Gasteiger partial charge on any atom is 0.168 e. The third-order valence-electron chi connectivity index (χ3n) is 3.81. The molecule has 1 heterocycles. The normalized spacial score (nSPS) is 17.7. The number of rotatable bonds is 7. The molecule has 1 aromatic carbocycles. The highest BCUT2D eigenvalue weighted by atomic mass is 35.5. The molecule has 23 heavy (non-hydrogen) atoms. The van der Waals surface area contributed by atoms with Gasteiger partial charge in [-0.2, -0.15) is 0 Å². The average Bonchev–Trinajstić information content (AvgIpc) is 2.54. The number of ketones is 1. The Bertz CT molecular complexity index is 598. The number of ether oxygens (including phenoxy) is 2. The molecule has 126 valence electrons. The molecule has 1 atom stereocenters. The highest BCUT2D eigenvalue weighted by Gasteiger charge is 2.23. The molecular weight excluding hydrogens is 319 g/mol. The van der Waals surface area contributed by atoms with E-state index in [1.807, 2.05) is 0 Å². The first-order valence-electron chi connectivity index (χ1n) is 8.00. The number of hydrogen-bond acceptors (Lipinski definition) is 3. The van der Waals surface area contributed by atoms with Gasteiger partial charge in [0, 0.05) is 6.42 Å². The molecule has 0 aliphatic carbocycles. The van der Waals surface area contributed by atoms with E-state index in [-0.39, 0.29) is 34.6 Å². The SMILES string of the molecule is CCCC1=CCC(CC(=O)c2ccc(OCC)c(Cl)c2F)OC1. The summed E-state index contributed by atoms with van der Waals surface area (Å²) in [6.07, 6.45) is 4.86. The molecule has 0 amide bonds. The van der Waals surface area contributed by atoms with E-state index >= 15 is 0 Å². The van der Waals surface area contributed by atoms with Gasteiger partial charge in [0.25, 0.3) is 0 Å². The molecule has 1 unspecified atom stereocenters. The van der Waals surface area contributed by atoms with E-state index in [0.717, 1.165) is 12.8 Å². The molecule has 5 heteroatoms. The van der Waals surface area contributed by atoms with E-state index in [1.54, 1.807) is 6.92 Å². The van der Waals surface area contributed by atoms with Crippen LogP contribution in [-0.4, -0.2) is 25.1 Å². The molecule has 0 saturated heterocycles. The fraction of sp³-hybridized carbons (Fsp3) is 0.500. The number of carbonyl (C=O) groups is 1. The fourth-order valence-electron chi connectivity index (χ4n) is 2.62. The summed E-state index contributed by atoms with van der Waals surface area (Å²) in [6, 6.07) is 2.96. The van der Waals surface area contributed by atoms with Crippen LogP contribution in [0.5, 0.6) is 5.75 Å². The van der Waals surface area contributed by atoms with Gasteiger partial charge in [-0.25, -0.2) is 4.39 Å². The molecule has 0 spiro atoms. The van der Waals surface area contributed by atoms with Gasteiger partial charge in [0.05, 0.1) is 24.9 Å². The van der Waals surface area contributed by atoms with E-state index < -0.39 is 5.82 Å². The van der Waals surface area contributed by atoms with E-state index in [0.29, 0.717) is 19.6 Å². The average molecular weight is 341 g/mol. The molecule has 0 aromatic heterocycles. The van der Waals surface area contributed by atoms with Crippen molar-refractivity contribution >= 4 is 17.4 Å². The van der Waals surface area contributed by atoms with Crippen molar-refractivity contribution in [2.45, 2.75) is 45.6 Å². The molecule has 1 aliphatic heterocycles. The van der Waals surface area contributed by atoms with Crippen LogP contribution < -0.4 is 4.74 Å². The lowest BCUT2D eigenvalue weighted by atomic mass is 9.99. The van der Waals surface area contributed by atoms with Gasteiger partial charge in [0.15, 0.2) is 11.6 Å². The van der Waals surface area contributed by atoms with Gasteiger partial charge in [0.2, 0.25) is 0 Å². The first-order valence-corrected chi connectivity index (χ1v) is 8.38. The number of benzene rings is 1. The van der Waals surface area contributed by atoms with Crippen molar-refractivity contribution in [3.63, 3.8) is 0 Å². The van der Waals surface area contributed by atoms with Crippen molar-refractivity contribution in [2.75, 3.05) is 13.2 Å². The van der Waals surface area contributed by atoms with Crippen molar-refractivity contribution in [2.24, 2.45) is 0 Å². The van der Waals surface area contributed by atoms with E-state index in [4.69, 9.17) is 21.1 Å². The highest BCUT2D eigenvalue weighted by molar-refractivity contribution is 6.32. The Hall–Kier alpha value is -1.39. The molecule has 0 N–H and O–H groups in total. The first-order chi connectivity index (χ1) is 11.1. The zero-order chi connectivity index (χ0) is 16.8. The number of hydrogen-bond donors (Lipinski definition) is 0. The summed E-state index contributed by atoms with van der Waals surface area (Å²) in [5.74, 6) is -0.769. The molecule has 0 saturated carbocycles. The van der Waals surface area contributed by atoms with Gasteiger partial charge < -0.3 is 9.47 Å². The molecule has 1 aromatic rings. The lowest BCUT2D eigenvalue weighted by molar-refractivity contribution is 0.0492. The highest BCUT2D eigenvalue weighted by Crippen LogP contribution is 2.31. The molecule has 0 radical (unpaired) electrons. The Labute approximate surface area is 141 Å². The first kappa shape index (κ1) is 18.0. The summed E-state index contributed by atoms with van der Waals surface area (Å²) in [5, 5.41) is -0.146. The molecular formula is C18H22ClFO3. The molecule has 0 fully saturated rings. The predicted octanol–water partition coefficient (Wildman–Crippen LogP) is 4.97. The van der Waals surface area contributed by atoms with Gasteiger partial charge in [-0.1, -0.05) is 31.0 Å². The summed E-state index contributed by atoms with van der Waals surface area (Å²) in [7, 11) is 0. The minimum Gasteiger partial charge on any atom is -0.492 e. The number of halogens is 2. The fourth-order valence-corrected chi connectivity index (χ4v) is 2.84. The standard InChI is InChI=1S/C18H22ClFO3/c1-3-5-12-6-7-13(23-11-12)10-15(21)14-8-9-16(22-4-2)17(19)18(14)20/h6,8-9,13H,3-5,7,10-11H2,1-2H3. The Morgan fingerprint density at radius 2 is 2.22 bits per heavy atom. The Morgan fingerprint density at radius 3 is 2.83 bits per heavy atom. The summed E-state index contributed by atoms with van der Waals surface area (Å²) in [4.78, 5) is 12.3. The third-order valence-corrected chi connectivity index (χ3v) is 4.16. The minimum absolute atomic E-state index is 0.00890. The van der Waals surface area contributed by atoms with Crippen LogP contribution in [0.3, 0.4) is 0 Å². The summed E-state index contributed by atoms with van der Waals surface area (Å²) in [6.45, 7) is 4.84. The maximum absolute atomic E-state index is 14.3. The van der Waals surface area contributed by atoms with Crippen LogP contribution in [0.15, 0.2) is 23.8 Å².